The fourth-order valence-electron chi connectivity index (χ4n) is 2.57. The Kier molecular flexibility index (Phi) is 7.98. The maximum absolute atomic E-state index is 12.6. The summed E-state index contributed by atoms with van der Waals surface area (Å²) in [7, 11) is 0. The van der Waals surface area contributed by atoms with Crippen LogP contribution < -0.4 is 9.47 Å². The molecule has 0 aliphatic carbocycles. The average Bonchev–Trinajstić information content (AvgIpc) is 2.69. The molecule has 0 unspecified atom stereocenters. The van der Waals surface area contributed by atoms with Crippen LogP contribution in [0.3, 0.4) is 0 Å². The lowest BCUT2D eigenvalue weighted by atomic mass is 10.1. The number of hydrogen-bond donors (Lipinski definition) is 0. The predicted molar refractivity (Wildman–Crippen MR) is 111 cm³/mol. The van der Waals surface area contributed by atoms with Gasteiger partial charge in [0.1, 0.15) is 11.5 Å². The van der Waals surface area contributed by atoms with E-state index < -0.39 is 23.3 Å². The Balaban J connectivity index is 1.88. The highest BCUT2D eigenvalue weighted by Crippen LogP contribution is 2.29. The maximum atomic E-state index is 12.6. The second kappa shape index (κ2) is 10.3. The molecule has 0 saturated heterocycles. The SMILES string of the molecule is CCOC(=O)C(C)(C)Oc1ccc(OCCC#Cc2ccc(C(F)(F)F)cc2)cc1C. The van der Waals surface area contributed by atoms with Crippen LogP contribution >= 0.6 is 0 Å². The number of esters is 1. The molecular weight excluding hydrogens is 409 g/mol. The number of benzene rings is 2. The second-order valence-corrected chi connectivity index (χ2v) is 7.24. The van der Waals surface area contributed by atoms with Gasteiger partial charge in [-0.2, -0.15) is 13.2 Å². The number of hydrogen-bond acceptors (Lipinski definition) is 4. The molecule has 2 rings (SSSR count). The van der Waals surface area contributed by atoms with Gasteiger partial charge in [0.05, 0.1) is 18.8 Å². The van der Waals surface area contributed by atoms with Crippen molar-refractivity contribution in [3.8, 4) is 23.3 Å². The first-order valence-corrected chi connectivity index (χ1v) is 9.78. The molecule has 0 amide bonds. The summed E-state index contributed by atoms with van der Waals surface area (Å²) in [5, 5.41) is 0. The summed E-state index contributed by atoms with van der Waals surface area (Å²) in [5.41, 5.74) is -0.507. The highest BCUT2D eigenvalue weighted by atomic mass is 19.4. The van der Waals surface area contributed by atoms with Crippen LogP contribution in [-0.2, 0) is 15.7 Å². The molecule has 0 saturated carbocycles. The first-order valence-electron chi connectivity index (χ1n) is 9.78. The summed E-state index contributed by atoms with van der Waals surface area (Å²) in [6, 6.07) is 9.95. The van der Waals surface area contributed by atoms with Gasteiger partial charge in [0.2, 0.25) is 0 Å². The minimum absolute atomic E-state index is 0.277. The van der Waals surface area contributed by atoms with E-state index in [1.807, 2.05) is 6.92 Å². The summed E-state index contributed by atoms with van der Waals surface area (Å²) in [6.45, 7) is 7.46. The lowest BCUT2D eigenvalue weighted by molar-refractivity contribution is -0.158. The molecule has 0 radical (unpaired) electrons. The molecule has 0 heterocycles. The third-order valence-electron chi connectivity index (χ3n) is 4.22. The second-order valence-electron chi connectivity index (χ2n) is 7.24. The standard InChI is InChI=1S/C24H25F3O4/c1-5-29-22(28)23(3,4)31-21-14-13-20(16-17(21)2)30-15-7-6-8-18-9-11-19(12-10-18)24(25,26)27/h9-14,16H,5,7,15H2,1-4H3. The Morgan fingerprint density at radius 3 is 2.32 bits per heavy atom. The molecule has 31 heavy (non-hydrogen) atoms. The number of rotatable bonds is 7. The van der Waals surface area contributed by atoms with Crippen molar-refractivity contribution in [1.29, 1.82) is 0 Å². The van der Waals surface area contributed by atoms with E-state index in [4.69, 9.17) is 14.2 Å². The van der Waals surface area contributed by atoms with Crippen LogP contribution in [-0.4, -0.2) is 24.8 Å². The molecular formula is C24H25F3O4. The smallest absolute Gasteiger partial charge is 0.416 e. The van der Waals surface area contributed by atoms with Crippen LogP contribution in [0.2, 0.25) is 0 Å². The molecule has 0 aliphatic rings. The normalized spacial score (nSPS) is 11.3. The van der Waals surface area contributed by atoms with Gasteiger partial charge >= 0.3 is 12.1 Å². The van der Waals surface area contributed by atoms with Crippen LogP contribution in [0.25, 0.3) is 0 Å². The molecule has 0 aromatic heterocycles. The summed E-state index contributed by atoms with van der Waals surface area (Å²) >= 11 is 0. The van der Waals surface area contributed by atoms with Crippen molar-refractivity contribution in [3.05, 3.63) is 59.2 Å². The molecule has 0 bridgehead atoms. The van der Waals surface area contributed by atoms with Gasteiger partial charge in [-0.1, -0.05) is 11.8 Å². The summed E-state index contributed by atoms with van der Waals surface area (Å²) in [4.78, 5) is 12.0. The van der Waals surface area contributed by atoms with E-state index in [1.54, 1.807) is 39.0 Å². The minimum atomic E-state index is -4.35. The first kappa shape index (κ1) is 24.1. The van der Waals surface area contributed by atoms with Crippen molar-refractivity contribution in [3.63, 3.8) is 0 Å². The lowest BCUT2D eigenvalue weighted by Gasteiger charge is -2.25. The number of ether oxygens (including phenoxy) is 3. The zero-order chi connectivity index (χ0) is 23.1. The average molecular weight is 434 g/mol. The molecule has 0 atom stereocenters. The van der Waals surface area contributed by atoms with Gasteiger partial charge < -0.3 is 14.2 Å². The van der Waals surface area contributed by atoms with Crippen molar-refractivity contribution in [2.45, 2.75) is 45.9 Å². The maximum Gasteiger partial charge on any atom is 0.416 e. The molecule has 0 fully saturated rings. The minimum Gasteiger partial charge on any atom is -0.493 e. The van der Waals surface area contributed by atoms with E-state index in [9.17, 15) is 18.0 Å². The first-order chi connectivity index (χ1) is 14.5. The number of alkyl halides is 3. The third-order valence-corrected chi connectivity index (χ3v) is 4.22. The Morgan fingerprint density at radius 1 is 1.06 bits per heavy atom. The summed E-state index contributed by atoms with van der Waals surface area (Å²) in [6.07, 6.45) is -3.94. The van der Waals surface area contributed by atoms with Crippen molar-refractivity contribution in [1.82, 2.24) is 0 Å². The Hall–Kier alpha value is -3.14. The van der Waals surface area contributed by atoms with Gasteiger partial charge in [-0.15, -0.1) is 0 Å². The number of carbonyl (C=O) groups is 1. The van der Waals surface area contributed by atoms with Crippen LogP contribution in [0.15, 0.2) is 42.5 Å². The van der Waals surface area contributed by atoms with Crippen LogP contribution in [0, 0.1) is 18.8 Å². The molecule has 4 nitrogen and oxygen atoms in total. The van der Waals surface area contributed by atoms with Crippen molar-refractivity contribution in [2.24, 2.45) is 0 Å². The van der Waals surface area contributed by atoms with Gasteiger partial charge in [-0.05, 0) is 75.7 Å². The van der Waals surface area contributed by atoms with Crippen molar-refractivity contribution < 1.29 is 32.2 Å². The Bertz CT molecular complexity index is 952. The fraction of sp³-hybridized carbons (Fsp3) is 0.375. The molecule has 0 spiro atoms. The highest BCUT2D eigenvalue weighted by molar-refractivity contribution is 5.79. The zero-order valence-electron chi connectivity index (χ0n) is 17.9. The van der Waals surface area contributed by atoms with E-state index in [1.165, 1.54) is 12.1 Å². The molecule has 2 aromatic rings. The number of aryl methyl sites for hydroxylation is 1. The molecule has 0 aliphatic heterocycles. The van der Waals surface area contributed by atoms with Crippen molar-refractivity contribution in [2.75, 3.05) is 13.2 Å². The fourth-order valence-corrected chi connectivity index (χ4v) is 2.57. The largest absolute Gasteiger partial charge is 0.493 e. The van der Waals surface area contributed by atoms with Crippen molar-refractivity contribution >= 4 is 5.97 Å². The summed E-state index contributed by atoms with van der Waals surface area (Å²) in [5.74, 6) is 6.42. The molecule has 166 valence electrons. The molecule has 7 heteroatoms. The number of halogens is 3. The van der Waals surface area contributed by atoms with Gasteiger partial charge in [-0.3, -0.25) is 0 Å². The van der Waals surface area contributed by atoms with Gasteiger partial charge in [-0.25, -0.2) is 4.79 Å². The van der Waals surface area contributed by atoms with E-state index in [0.717, 1.165) is 17.7 Å². The van der Waals surface area contributed by atoms with E-state index in [2.05, 4.69) is 11.8 Å². The molecule has 2 aromatic carbocycles. The van der Waals surface area contributed by atoms with E-state index >= 15 is 0 Å². The molecule has 0 N–H and O–H groups in total. The van der Waals surface area contributed by atoms with E-state index in [0.29, 0.717) is 30.1 Å². The monoisotopic (exact) mass is 434 g/mol. The predicted octanol–water partition coefficient (Wildman–Crippen LogP) is 5.55. The third kappa shape index (κ3) is 7.25. The number of carbonyl (C=O) groups excluding carboxylic acids is 1. The quantitative estimate of drug-likeness (QED) is 0.325. The van der Waals surface area contributed by atoms with Crippen LogP contribution in [0.4, 0.5) is 13.2 Å². The zero-order valence-corrected chi connectivity index (χ0v) is 17.9. The topological polar surface area (TPSA) is 44.8 Å². The van der Waals surface area contributed by atoms with Crippen LogP contribution in [0.1, 0.15) is 43.9 Å². The van der Waals surface area contributed by atoms with Crippen LogP contribution in [0.5, 0.6) is 11.5 Å². The lowest BCUT2D eigenvalue weighted by Crippen LogP contribution is -2.39. The van der Waals surface area contributed by atoms with E-state index in [-0.39, 0.29) is 6.61 Å². The Labute approximate surface area is 180 Å². The van der Waals surface area contributed by atoms with Gasteiger partial charge in [0.25, 0.3) is 0 Å². The summed E-state index contributed by atoms with van der Waals surface area (Å²) < 4.78 is 54.1. The van der Waals surface area contributed by atoms with Gasteiger partial charge in [0, 0.05) is 12.0 Å². The Morgan fingerprint density at radius 2 is 1.74 bits per heavy atom. The van der Waals surface area contributed by atoms with Gasteiger partial charge in [0.15, 0.2) is 5.60 Å². The highest BCUT2D eigenvalue weighted by Gasteiger charge is 2.32.